The molecule has 38 heavy (non-hydrogen) atoms. The molecule has 4 aromatic rings. The van der Waals surface area contributed by atoms with Gasteiger partial charge in [-0.05, 0) is 54.1 Å². The lowest BCUT2D eigenvalue weighted by Gasteiger charge is -2.25. The molecule has 0 saturated heterocycles. The molecule has 0 aliphatic rings. The minimum absolute atomic E-state index is 0.0735. The van der Waals surface area contributed by atoms with Crippen molar-refractivity contribution in [2.75, 3.05) is 16.7 Å². The van der Waals surface area contributed by atoms with Crippen LogP contribution in [-0.2, 0) is 21.4 Å². The predicted molar refractivity (Wildman–Crippen MR) is 143 cm³/mol. The Morgan fingerprint density at radius 2 is 1.82 bits per heavy atom. The first-order valence-corrected chi connectivity index (χ1v) is 13.7. The van der Waals surface area contributed by atoms with Gasteiger partial charge in [0.25, 0.3) is 0 Å². The summed E-state index contributed by atoms with van der Waals surface area (Å²) in [5.74, 6) is -2.41. The second-order valence-corrected chi connectivity index (χ2v) is 10.9. The molecule has 0 aliphatic carbocycles. The van der Waals surface area contributed by atoms with Crippen LogP contribution < -0.4 is 19.7 Å². The highest BCUT2D eigenvalue weighted by Gasteiger charge is 2.27. The number of fused-ring (bicyclic) bond motifs is 1. The van der Waals surface area contributed by atoms with Crippen LogP contribution in [0.1, 0.15) is 5.56 Å². The van der Waals surface area contributed by atoms with Crippen LogP contribution in [0.25, 0.3) is 10.2 Å². The summed E-state index contributed by atoms with van der Waals surface area (Å²) in [5.41, 5.74) is 2.92. The van der Waals surface area contributed by atoms with Crippen molar-refractivity contribution in [2.45, 2.75) is 12.5 Å². The maximum atomic E-state index is 13.8. The van der Waals surface area contributed by atoms with Gasteiger partial charge >= 0.3 is 16.2 Å². The summed E-state index contributed by atoms with van der Waals surface area (Å²) >= 11 is 7.28. The fourth-order valence-electron chi connectivity index (χ4n) is 3.62. The molecule has 4 rings (SSSR count). The minimum Gasteiger partial charge on any atom is -0.325 e. The monoisotopic (exact) mass is 579 g/mol. The first-order chi connectivity index (χ1) is 18.0. The van der Waals surface area contributed by atoms with Crippen molar-refractivity contribution in [3.63, 3.8) is 0 Å². The summed E-state index contributed by atoms with van der Waals surface area (Å²) in [6.07, 6.45) is -0.327. The van der Waals surface area contributed by atoms with Gasteiger partial charge in [-0.1, -0.05) is 17.7 Å². The third-order valence-electron chi connectivity index (χ3n) is 5.30. The number of amides is 3. The number of thiazole rings is 1. The van der Waals surface area contributed by atoms with Crippen LogP contribution in [-0.4, -0.2) is 38.4 Å². The van der Waals surface area contributed by atoms with E-state index in [9.17, 15) is 26.8 Å². The van der Waals surface area contributed by atoms with Crippen molar-refractivity contribution >= 4 is 66.7 Å². The van der Waals surface area contributed by atoms with Gasteiger partial charge in [0, 0.05) is 30.2 Å². The molecule has 1 heterocycles. The van der Waals surface area contributed by atoms with Crippen LogP contribution in [0.2, 0.25) is 5.02 Å². The van der Waals surface area contributed by atoms with E-state index in [0.29, 0.717) is 17.3 Å². The third-order valence-corrected chi connectivity index (χ3v) is 7.30. The van der Waals surface area contributed by atoms with E-state index < -0.39 is 39.8 Å². The number of nitrogens with zero attached hydrogens (tertiary/aromatic N) is 2. The molecule has 1 aromatic heterocycles. The summed E-state index contributed by atoms with van der Waals surface area (Å²) in [6.45, 7) is 0. The molecule has 0 fully saturated rings. The van der Waals surface area contributed by atoms with Crippen LogP contribution in [0, 0.1) is 11.6 Å². The molecule has 0 saturated carbocycles. The topological polar surface area (TPSA) is 121 Å². The zero-order chi connectivity index (χ0) is 27.4. The fourth-order valence-corrected chi connectivity index (χ4v) is 5.26. The number of hydrogen-bond donors (Lipinski definition) is 3. The van der Waals surface area contributed by atoms with Gasteiger partial charge in [-0.25, -0.2) is 23.3 Å². The highest BCUT2D eigenvalue weighted by atomic mass is 35.5. The lowest BCUT2D eigenvalue weighted by molar-refractivity contribution is -0.120. The van der Waals surface area contributed by atoms with E-state index in [1.807, 2.05) is 0 Å². The number of anilines is 2. The third kappa shape index (κ3) is 6.94. The average molecular weight is 580 g/mol. The van der Waals surface area contributed by atoms with E-state index in [2.05, 4.69) is 15.0 Å². The molecule has 0 aliphatic heterocycles. The zero-order valence-electron chi connectivity index (χ0n) is 19.6. The number of hydrogen-bond acceptors (Lipinski definition) is 6. The van der Waals surface area contributed by atoms with Gasteiger partial charge in [0.2, 0.25) is 5.91 Å². The van der Waals surface area contributed by atoms with E-state index in [-0.39, 0.29) is 22.7 Å². The van der Waals surface area contributed by atoms with Gasteiger partial charge in [-0.3, -0.25) is 9.52 Å². The normalized spacial score (nSPS) is 12.1. The molecule has 14 heteroatoms. The summed E-state index contributed by atoms with van der Waals surface area (Å²) < 4.78 is 57.3. The number of nitrogens with one attached hydrogen (secondary N) is 3. The smallest absolute Gasteiger partial charge is 0.325 e. The van der Waals surface area contributed by atoms with E-state index in [1.165, 1.54) is 47.5 Å². The second kappa shape index (κ2) is 11.3. The predicted octanol–water partition coefficient (Wildman–Crippen LogP) is 4.46. The zero-order valence-corrected chi connectivity index (χ0v) is 22.0. The van der Waals surface area contributed by atoms with E-state index in [0.717, 1.165) is 16.8 Å². The van der Waals surface area contributed by atoms with Gasteiger partial charge in [-0.15, -0.1) is 11.3 Å². The molecule has 3 N–H and O–H groups in total. The summed E-state index contributed by atoms with van der Waals surface area (Å²) in [5, 5.41) is 2.56. The van der Waals surface area contributed by atoms with Crippen molar-refractivity contribution in [3.8, 4) is 0 Å². The highest BCUT2D eigenvalue weighted by Crippen LogP contribution is 2.24. The van der Waals surface area contributed by atoms with Crippen LogP contribution in [0.4, 0.5) is 25.0 Å². The van der Waals surface area contributed by atoms with Gasteiger partial charge < -0.3 is 10.2 Å². The lowest BCUT2D eigenvalue weighted by atomic mass is 10.0. The Hall–Kier alpha value is -3.81. The number of rotatable bonds is 8. The summed E-state index contributed by atoms with van der Waals surface area (Å²) in [4.78, 5) is 31.5. The molecule has 0 bridgehead atoms. The maximum Gasteiger partial charge on any atom is 0.330 e. The van der Waals surface area contributed by atoms with E-state index in [1.54, 1.807) is 28.4 Å². The average Bonchev–Trinajstić information content (AvgIpc) is 3.29. The summed E-state index contributed by atoms with van der Waals surface area (Å²) in [6, 6.07) is 11.0. The molecule has 3 amide bonds. The molecular weight excluding hydrogens is 560 g/mol. The number of benzene rings is 3. The molecule has 0 radical (unpaired) electrons. The van der Waals surface area contributed by atoms with E-state index in [4.69, 9.17) is 11.6 Å². The van der Waals surface area contributed by atoms with Crippen LogP contribution in [0.3, 0.4) is 0 Å². The highest BCUT2D eigenvalue weighted by molar-refractivity contribution is 7.91. The Labute approximate surface area is 225 Å². The van der Waals surface area contributed by atoms with Gasteiger partial charge in [0.05, 0.1) is 21.4 Å². The first kappa shape index (κ1) is 27.2. The molecule has 3 aromatic carbocycles. The Balaban J connectivity index is 1.55. The van der Waals surface area contributed by atoms with Gasteiger partial charge in [0.1, 0.15) is 17.7 Å². The van der Waals surface area contributed by atoms with Crippen LogP contribution >= 0.6 is 22.9 Å². The maximum absolute atomic E-state index is 13.8. The summed E-state index contributed by atoms with van der Waals surface area (Å²) in [7, 11) is -2.97. The Kier molecular flexibility index (Phi) is 8.09. The molecule has 0 spiro atoms. The van der Waals surface area contributed by atoms with Gasteiger partial charge in [0.15, 0.2) is 0 Å². The molecule has 9 nitrogen and oxygen atoms in total. The standard InChI is InChI=1S/C24H20ClF2N5O4S2/c1-32(19-5-6-22-20(12-19)28-13-37-22)23(33)21(9-14-7-16(26)11-17(27)8-14)29-24(34)31-38(35,36)30-18-4-2-3-15(25)10-18/h2-8,10-13,21,30H,9H2,1H3,(H2,29,31,34)/t21-/m0/s1. The Morgan fingerprint density at radius 3 is 2.53 bits per heavy atom. The minimum atomic E-state index is -4.42. The number of urea groups is 1. The number of carbonyl (C=O) groups excluding carboxylic acids is 2. The number of likely N-dealkylation sites (N-methyl/N-ethyl adjacent to an activating group) is 1. The van der Waals surface area contributed by atoms with Crippen molar-refractivity contribution < 1.29 is 26.8 Å². The Morgan fingerprint density at radius 1 is 1.08 bits per heavy atom. The quantitative estimate of drug-likeness (QED) is 0.285. The molecule has 0 unspecified atom stereocenters. The molecule has 1 atom stereocenters. The van der Waals surface area contributed by atoms with Crippen LogP contribution in [0.5, 0.6) is 0 Å². The largest absolute Gasteiger partial charge is 0.330 e. The first-order valence-electron chi connectivity index (χ1n) is 10.9. The van der Waals surface area contributed by atoms with Crippen LogP contribution in [0.15, 0.2) is 66.2 Å². The van der Waals surface area contributed by atoms with Crippen molar-refractivity contribution in [1.82, 2.24) is 15.0 Å². The van der Waals surface area contributed by atoms with E-state index >= 15 is 0 Å². The lowest BCUT2D eigenvalue weighted by Crippen LogP contribution is -2.53. The Bertz CT molecular complexity index is 1600. The molecule has 198 valence electrons. The number of aromatic nitrogens is 1. The SMILES string of the molecule is CN(C(=O)[C@H](Cc1cc(F)cc(F)c1)NC(=O)NS(=O)(=O)Nc1cccc(Cl)c1)c1ccc2scnc2c1. The fraction of sp³-hybridized carbons (Fsp3) is 0.125. The molecular formula is C24H20ClF2N5O4S2. The number of halogens is 3. The van der Waals surface area contributed by atoms with Gasteiger partial charge in [-0.2, -0.15) is 8.42 Å². The number of carbonyl (C=O) groups is 2. The van der Waals surface area contributed by atoms with Crippen molar-refractivity contribution in [1.29, 1.82) is 0 Å². The second-order valence-electron chi connectivity index (χ2n) is 8.13. The van der Waals surface area contributed by atoms with Crippen molar-refractivity contribution in [3.05, 3.63) is 88.4 Å². The van der Waals surface area contributed by atoms with Crippen molar-refractivity contribution in [2.24, 2.45) is 0 Å².